The first-order valence-corrected chi connectivity index (χ1v) is 35.0. The van der Waals surface area contributed by atoms with Crippen molar-refractivity contribution < 1.29 is 48.8 Å². The predicted octanol–water partition coefficient (Wildman–Crippen LogP) is 14.6. The van der Waals surface area contributed by atoms with E-state index in [1.165, 1.54) is 77.1 Å². The molecule has 12 heterocycles. The van der Waals surface area contributed by atoms with Crippen molar-refractivity contribution in [2.45, 2.75) is 63.3 Å². The lowest BCUT2D eigenvalue weighted by atomic mass is 10.1. The number of carbonyl (C=O) groups excluding carboxylic acids is 4. The number of alkyl halides is 3. The molecule has 0 radical (unpaired) electrons. The monoisotopic (exact) mass is 1590 g/mol. The standard InChI is InChI=1S/C13H13BrN2.C13H12N2O2.C12H10Br2N2.C12H8N2O4.C12H12N2O2.C12H12N2.C3H9N.CO2/c1-2-10-3-5-15-12(7-10)13-8-11(9-14)4-6-16-13;1-9-3-5-14-11(7-9)12-8-10(4-6-15-12)13(16)17-2;13-7-9-1-3-15-11(5-9)12-6-10(8-14)2-4-16-12;15-7-18-9-2-4-14-11(6-9)10-5-8(12(16)17)1-3-13-10;15-7-9-1-3-13-11(5-9)12-6-10(8-16)2-4-14-12;1-9-3-5-13-11(7-9)12-8-10(2)4-6-14-12;1-4(2)3;2-1-3/h3-8H,2,9H2,1H3;3-8H,1-2H3;1-6H,7-8H2;1-7H,(H,16,17);1-6,15-16H,7-8H2;3-8H,1-2H3;1-3H3;. The topological polar surface area (TPSA) is 322 Å². The fourth-order valence-electron chi connectivity index (χ4n) is 8.58. The van der Waals surface area contributed by atoms with E-state index in [4.69, 9.17) is 24.9 Å². The third kappa shape index (κ3) is 29.5. The molecule has 534 valence electrons. The van der Waals surface area contributed by atoms with Crippen LogP contribution in [0.1, 0.15) is 77.7 Å². The molecule has 3 N–H and O–H groups in total. The number of esters is 1. The van der Waals surface area contributed by atoms with Gasteiger partial charge in [0.15, 0.2) is 0 Å². The minimum absolute atomic E-state index is 0.0186. The maximum Gasteiger partial charge on any atom is 0.373 e. The molecule has 0 aliphatic rings. The second-order valence-electron chi connectivity index (χ2n) is 22.2. The van der Waals surface area contributed by atoms with Crippen LogP contribution in [0.15, 0.2) is 220 Å². The Bertz CT molecular complexity index is 4310. The van der Waals surface area contributed by atoms with Crippen LogP contribution in [-0.4, -0.2) is 133 Å². The number of hydrogen-bond acceptors (Lipinski definition) is 22. The number of nitrogens with zero attached hydrogens (tertiary/aromatic N) is 13. The van der Waals surface area contributed by atoms with Crippen LogP contribution in [0, 0.1) is 20.8 Å². The van der Waals surface area contributed by atoms with Gasteiger partial charge in [-0.05, 0) is 238 Å². The molecule has 0 aliphatic carbocycles. The highest BCUT2D eigenvalue weighted by Gasteiger charge is 2.12. The second-order valence-corrected chi connectivity index (χ2v) is 23.9. The van der Waals surface area contributed by atoms with Crippen LogP contribution in [0.5, 0.6) is 5.75 Å². The molecular formula is C78H76Br3N13O10. The lowest BCUT2D eigenvalue weighted by molar-refractivity contribution is -0.191. The van der Waals surface area contributed by atoms with Gasteiger partial charge in [-0.25, -0.2) is 9.59 Å². The Morgan fingerprint density at radius 1 is 0.404 bits per heavy atom. The van der Waals surface area contributed by atoms with Crippen molar-refractivity contribution in [3.8, 4) is 74.1 Å². The SMILES string of the molecule is BrCc1ccnc(-c2cc(CBr)ccn2)c1.CCc1ccnc(-c2cc(CBr)ccn2)c1.CN(C)C.COC(=O)c1ccnc(-c2cc(C)ccn2)c1.Cc1ccnc(-c2cc(C)ccn2)c1.O=C=O.O=COc1ccnc(-c2cc(C(=O)O)ccn2)c1.OCc1ccnc(-c2cc(CO)ccn2)c1. The van der Waals surface area contributed by atoms with E-state index in [-0.39, 0.29) is 30.9 Å². The maximum atomic E-state index is 11.4. The largest absolute Gasteiger partial charge is 0.478 e. The molecule has 0 saturated heterocycles. The van der Waals surface area contributed by atoms with E-state index in [1.807, 2.05) is 131 Å². The van der Waals surface area contributed by atoms with E-state index in [0.717, 1.165) is 79.0 Å². The van der Waals surface area contributed by atoms with E-state index in [2.05, 4.69) is 162 Å². The van der Waals surface area contributed by atoms with Crippen LogP contribution < -0.4 is 4.74 Å². The van der Waals surface area contributed by atoms with Crippen molar-refractivity contribution in [1.29, 1.82) is 0 Å². The van der Waals surface area contributed by atoms with Crippen LogP contribution in [-0.2, 0) is 54.7 Å². The minimum Gasteiger partial charge on any atom is -0.478 e. The molecule has 0 atom stereocenters. The van der Waals surface area contributed by atoms with Crippen LogP contribution in [0.2, 0.25) is 0 Å². The fourth-order valence-corrected chi connectivity index (χ4v) is 9.63. The summed E-state index contributed by atoms with van der Waals surface area (Å²) in [6.45, 7) is 8.50. The van der Waals surface area contributed by atoms with Gasteiger partial charge < -0.3 is 29.7 Å². The number of aliphatic hydroxyl groups excluding tert-OH is 2. The molecule has 0 saturated carbocycles. The van der Waals surface area contributed by atoms with Crippen molar-refractivity contribution in [1.82, 2.24) is 64.7 Å². The number of methoxy groups -OCH3 is 1. The summed E-state index contributed by atoms with van der Waals surface area (Å²) in [4.78, 5) is 101. The van der Waals surface area contributed by atoms with Gasteiger partial charge >= 0.3 is 18.1 Å². The molecule has 0 aliphatic heterocycles. The summed E-state index contributed by atoms with van der Waals surface area (Å²) in [7, 11) is 7.35. The average molecular weight is 1600 g/mol. The highest BCUT2D eigenvalue weighted by molar-refractivity contribution is 9.09. The zero-order valence-electron chi connectivity index (χ0n) is 58.3. The molecule has 0 spiro atoms. The van der Waals surface area contributed by atoms with Crippen LogP contribution in [0.25, 0.3) is 68.3 Å². The number of carbonyl (C=O) groups is 3. The number of carboxylic acids is 1. The third-order valence-electron chi connectivity index (χ3n) is 13.6. The van der Waals surface area contributed by atoms with Gasteiger partial charge in [-0.1, -0.05) is 54.7 Å². The highest BCUT2D eigenvalue weighted by Crippen LogP contribution is 2.24. The molecule has 0 bridgehead atoms. The van der Waals surface area contributed by atoms with E-state index in [1.54, 1.807) is 61.2 Å². The van der Waals surface area contributed by atoms with E-state index < -0.39 is 5.97 Å². The smallest absolute Gasteiger partial charge is 0.373 e. The Kier molecular flexibility index (Phi) is 37.3. The van der Waals surface area contributed by atoms with Crippen LogP contribution in [0.4, 0.5) is 0 Å². The van der Waals surface area contributed by atoms with Crippen molar-refractivity contribution in [2.24, 2.45) is 0 Å². The number of ether oxygens (including phenoxy) is 2. The lowest BCUT2D eigenvalue weighted by Gasteiger charge is -2.03. The van der Waals surface area contributed by atoms with Gasteiger partial charge in [-0.2, -0.15) is 9.59 Å². The molecule has 12 aromatic heterocycles. The van der Waals surface area contributed by atoms with Crippen molar-refractivity contribution in [3.63, 3.8) is 0 Å². The Balaban J connectivity index is 0.000000220. The highest BCUT2D eigenvalue weighted by atomic mass is 79.9. The van der Waals surface area contributed by atoms with E-state index in [9.17, 15) is 14.4 Å². The van der Waals surface area contributed by atoms with Crippen molar-refractivity contribution >= 4 is 72.4 Å². The zero-order chi connectivity index (χ0) is 75.6. The van der Waals surface area contributed by atoms with Gasteiger partial charge in [0.2, 0.25) is 0 Å². The number of halogens is 3. The number of carboxylic acid groups (broad SMARTS) is 1. The number of pyridine rings is 12. The fraction of sp³-hybridized carbons (Fsp3) is 0.179. The maximum absolute atomic E-state index is 11.4. The summed E-state index contributed by atoms with van der Waals surface area (Å²) >= 11 is 10.3. The van der Waals surface area contributed by atoms with Crippen molar-refractivity contribution in [2.75, 3.05) is 28.3 Å². The Hall–Kier alpha value is -11.1. The summed E-state index contributed by atoms with van der Waals surface area (Å²) in [5.74, 6) is -1.10. The number of aromatic carboxylic acids is 1. The molecule has 0 amide bonds. The van der Waals surface area contributed by atoms with Gasteiger partial charge in [-0.15, -0.1) is 0 Å². The average Bonchev–Trinajstić information content (AvgIpc) is 0.724. The Morgan fingerprint density at radius 3 is 0.952 bits per heavy atom. The van der Waals surface area contributed by atoms with Gasteiger partial charge in [-0.3, -0.25) is 64.6 Å². The minimum atomic E-state index is -1.04. The Labute approximate surface area is 628 Å². The third-order valence-corrected chi connectivity index (χ3v) is 15.5. The van der Waals surface area contributed by atoms with E-state index in [0.29, 0.717) is 46.3 Å². The molecule has 12 rings (SSSR count). The van der Waals surface area contributed by atoms with Gasteiger partial charge in [0.05, 0.1) is 99.8 Å². The van der Waals surface area contributed by atoms with Gasteiger partial charge in [0, 0.05) is 96.4 Å². The second kappa shape index (κ2) is 46.4. The first-order valence-electron chi connectivity index (χ1n) is 31.6. The molecular weight excluding hydrogens is 1520 g/mol. The number of aliphatic hydroxyl groups is 2. The molecule has 26 heteroatoms. The number of rotatable bonds is 16. The molecule has 0 unspecified atom stereocenters. The first-order chi connectivity index (χ1) is 50.3. The van der Waals surface area contributed by atoms with Crippen LogP contribution in [0.3, 0.4) is 0 Å². The summed E-state index contributed by atoms with van der Waals surface area (Å²) in [5, 5.41) is 29.4. The molecule has 12 aromatic rings. The Morgan fingerprint density at radius 2 is 0.654 bits per heavy atom. The summed E-state index contributed by atoms with van der Waals surface area (Å²) in [6, 6.07) is 44.3. The van der Waals surface area contributed by atoms with E-state index >= 15 is 0 Å². The number of aromatic nitrogens is 12. The zero-order valence-corrected chi connectivity index (χ0v) is 63.0. The molecule has 23 nitrogen and oxygen atoms in total. The van der Waals surface area contributed by atoms with Gasteiger partial charge in [0.25, 0.3) is 6.47 Å². The van der Waals surface area contributed by atoms with Crippen molar-refractivity contribution in [3.05, 3.63) is 281 Å². The summed E-state index contributed by atoms with van der Waals surface area (Å²) in [6.07, 6.45) is 21.6. The lowest BCUT2D eigenvalue weighted by Crippen LogP contribution is -2.02. The molecule has 0 fully saturated rings. The molecule has 0 aromatic carbocycles. The normalized spacial score (nSPS) is 9.90. The summed E-state index contributed by atoms with van der Waals surface area (Å²) < 4.78 is 9.34. The first kappa shape index (κ1) is 83.6. The quantitative estimate of drug-likeness (QED) is 0.0459. The summed E-state index contributed by atoms with van der Waals surface area (Å²) in [5.41, 5.74) is 19.8. The predicted molar refractivity (Wildman–Crippen MR) is 408 cm³/mol. The van der Waals surface area contributed by atoms with Gasteiger partial charge in [0.1, 0.15) is 5.75 Å². The number of aryl methyl sites for hydroxylation is 4. The molecule has 104 heavy (non-hydrogen) atoms. The number of hydrogen-bond donors (Lipinski definition) is 3. The van der Waals surface area contributed by atoms with Crippen LogP contribution >= 0.6 is 47.8 Å².